The van der Waals surface area contributed by atoms with Crippen LogP contribution >= 0.6 is 27.3 Å². The molecule has 1 fully saturated rings. The highest BCUT2D eigenvalue weighted by Gasteiger charge is 2.21. The molecule has 4 heteroatoms. The summed E-state index contributed by atoms with van der Waals surface area (Å²) < 4.78 is 6.90. The van der Waals surface area contributed by atoms with E-state index in [1.807, 2.05) is 6.07 Å². The van der Waals surface area contributed by atoms with Gasteiger partial charge in [-0.3, -0.25) is 0 Å². The maximum Gasteiger partial charge on any atom is 0.209 e. The van der Waals surface area contributed by atoms with E-state index in [4.69, 9.17) is 4.42 Å². The molecule has 80 valence electrons. The third kappa shape index (κ3) is 1.85. The maximum atomic E-state index is 5.81. The lowest BCUT2D eigenvalue weighted by Gasteiger charge is -2.17. The molecular weight excluding hydrogens is 274 g/mol. The van der Waals surface area contributed by atoms with Crippen LogP contribution in [0.2, 0.25) is 0 Å². The molecule has 0 aromatic carbocycles. The fourth-order valence-corrected chi connectivity index (χ4v) is 3.59. The Bertz CT molecular complexity index is 438. The molecule has 1 saturated carbocycles. The van der Waals surface area contributed by atoms with Gasteiger partial charge >= 0.3 is 0 Å². The lowest BCUT2D eigenvalue weighted by molar-refractivity contribution is 0.374. The van der Waals surface area contributed by atoms with E-state index in [2.05, 4.69) is 20.9 Å². The molecule has 0 saturated heterocycles. The number of halogens is 1. The van der Waals surface area contributed by atoms with Crippen molar-refractivity contribution in [1.29, 1.82) is 0 Å². The smallest absolute Gasteiger partial charge is 0.209 e. The number of nitrogens with zero attached hydrogens (tertiary/aromatic N) is 1. The molecule has 0 amide bonds. The fourth-order valence-electron chi connectivity index (χ4n) is 2.25. The Morgan fingerprint density at radius 1 is 1.33 bits per heavy atom. The van der Waals surface area contributed by atoms with Gasteiger partial charge in [-0.25, -0.2) is 4.98 Å². The Hall–Kier alpha value is -0.350. The average Bonchev–Trinajstić information content (AvgIpc) is 2.76. The fraction of sp³-hybridized carbons (Fsp3) is 0.545. The van der Waals surface area contributed by atoms with Crippen molar-refractivity contribution in [3.05, 3.63) is 15.7 Å². The Labute approximate surface area is 101 Å². The van der Waals surface area contributed by atoms with Crippen molar-refractivity contribution in [2.45, 2.75) is 38.0 Å². The molecule has 1 aliphatic rings. The van der Waals surface area contributed by atoms with Crippen molar-refractivity contribution in [3.63, 3.8) is 0 Å². The van der Waals surface area contributed by atoms with Crippen LogP contribution in [0, 0.1) is 0 Å². The zero-order chi connectivity index (χ0) is 10.3. The molecule has 2 heterocycles. The molecule has 0 unspecified atom stereocenters. The molecule has 2 aromatic heterocycles. The van der Waals surface area contributed by atoms with Gasteiger partial charge in [0.2, 0.25) is 4.90 Å². The first-order valence-electron chi connectivity index (χ1n) is 5.39. The zero-order valence-electron chi connectivity index (χ0n) is 8.33. The highest BCUT2D eigenvalue weighted by atomic mass is 79.9. The number of rotatable bonds is 1. The van der Waals surface area contributed by atoms with Crippen molar-refractivity contribution in [2.24, 2.45) is 0 Å². The molecule has 3 rings (SSSR count). The minimum atomic E-state index is 0.567. The molecule has 0 N–H and O–H groups in total. The number of fused-ring (bicyclic) bond motifs is 1. The Morgan fingerprint density at radius 2 is 2.13 bits per heavy atom. The molecule has 1 aliphatic carbocycles. The molecular formula is C11H12BrNOS. The summed E-state index contributed by atoms with van der Waals surface area (Å²) in [6.45, 7) is 0. The zero-order valence-corrected chi connectivity index (χ0v) is 10.7. The van der Waals surface area contributed by atoms with E-state index in [-0.39, 0.29) is 0 Å². The van der Waals surface area contributed by atoms with Crippen molar-refractivity contribution < 1.29 is 4.42 Å². The number of hydrogen-bond donors (Lipinski definition) is 0. The molecule has 0 atom stereocenters. The third-order valence-electron chi connectivity index (χ3n) is 3.03. The topological polar surface area (TPSA) is 26.0 Å². The van der Waals surface area contributed by atoms with Gasteiger partial charge in [-0.2, -0.15) is 0 Å². The van der Waals surface area contributed by atoms with Crippen LogP contribution in [-0.2, 0) is 0 Å². The largest absolute Gasteiger partial charge is 0.430 e. The third-order valence-corrected chi connectivity index (χ3v) is 4.54. The first-order valence-corrected chi connectivity index (χ1v) is 6.99. The van der Waals surface area contributed by atoms with Crippen molar-refractivity contribution in [1.82, 2.24) is 4.98 Å². The van der Waals surface area contributed by atoms with Crippen molar-refractivity contribution >= 4 is 37.7 Å². The van der Waals surface area contributed by atoms with Crippen LogP contribution in [0.15, 0.2) is 14.3 Å². The van der Waals surface area contributed by atoms with Crippen LogP contribution in [0.5, 0.6) is 0 Å². The normalized spacial score (nSPS) is 18.7. The maximum absolute atomic E-state index is 5.81. The summed E-state index contributed by atoms with van der Waals surface area (Å²) in [5.41, 5.74) is 1.01. The highest BCUT2D eigenvalue weighted by Crippen LogP contribution is 2.36. The SMILES string of the molecule is Brc1cc2nc(C3CCCCC3)oc2s1. The summed E-state index contributed by atoms with van der Waals surface area (Å²) in [5.74, 6) is 1.53. The van der Waals surface area contributed by atoms with Crippen LogP contribution in [0.4, 0.5) is 0 Å². The number of aromatic nitrogens is 1. The van der Waals surface area contributed by atoms with Crippen molar-refractivity contribution in [3.8, 4) is 0 Å². The van der Waals surface area contributed by atoms with E-state index in [1.54, 1.807) is 11.3 Å². The molecule has 0 spiro atoms. The molecule has 0 bridgehead atoms. The van der Waals surface area contributed by atoms with Gasteiger partial charge < -0.3 is 4.42 Å². The number of oxazole rings is 1. The first kappa shape index (κ1) is 9.85. The number of thiophene rings is 1. The van der Waals surface area contributed by atoms with Gasteiger partial charge in [0, 0.05) is 5.92 Å². The van der Waals surface area contributed by atoms with Gasteiger partial charge in [0.25, 0.3) is 0 Å². The summed E-state index contributed by atoms with van der Waals surface area (Å²) in [5, 5.41) is 0. The Balaban J connectivity index is 1.93. The lowest BCUT2D eigenvalue weighted by atomic mass is 9.89. The van der Waals surface area contributed by atoms with Gasteiger partial charge in [0.1, 0.15) is 5.52 Å². The van der Waals surface area contributed by atoms with Crippen LogP contribution in [-0.4, -0.2) is 4.98 Å². The standard InChI is InChI=1S/C11H12BrNOS/c12-9-6-8-11(15-9)14-10(13-8)7-4-2-1-3-5-7/h6-7H,1-5H2. The summed E-state index contributed by atoms with van der Waals surface area (Å²) in [4.78, 5) is 5.53. The van der Waals surface area contributed by atoms with Gasteiger partial charge in [-0.15, -0.1) is 0 Å². The van der Waals surface area contributed by atoms with Gasteiger partial charge in [-0.1, -0.05) is 30.6 Å². The van der Waals surface area contributed by atoms with Crippen LogP contribution < -0.4 is 0 Å². The molecule has 15 heavy (non-hydrogen) atoms. The summed E-state index contributed by atoms with van der Waals surface area (Å²) in [6.07, 6.45) is 6.51. The molecule has 2 nitrogen and oxygen atoms in total. The Kier molecular flexibility index (Phi) is 2.56. The van der Waals surface area contributed by atoms with Gasteiger partial charge in [0.15, 0.2) is 5.89 Å². The monoisotopic (exact) mass is 285 g/mol. The minimum Gasteiger partial charge on any atom is -0.430 e. The van der Waals surface area contributed by atoms with E-state index >= 15 is 0 Å². The highest BCUT2D eigenvalue weighted by molar-refractivity contribution is 9.11. The van der Waals surface area contributed by atoms with Gasteiger partial charge in [0.05, 0.1) is 3.79 Å². The molecule has 2 aromatic rings. The quantitative estimate of drug-likeness (QED) is 0.759. The van der Waals surface area contributed by atoms with Crippen LogP contribution in [0.3, 0.4) is 0 Å². The second-order valence-electron chi connectivity index (χ2n) is 4.11. The summed E-state index contributed by atoms with van der Waals surface area (Å²) in [6, 6.07) is 2.04. The number of hydrogen-bond acceptors (Lipinski definition) is 3. The van der Waals surface area contributed by atoms with Crippen molar-refractivity contribution in [2.75, 3.05) is 0 Å². The first-order chi connectivity index (χ1) is 7.33. The molecule has 0 aliphatic heterocycles. The van der Waals surface area contributed by atoms with E-state index in [0.717, 1.165) is 20.1 Å². The van der Waals surface area contributed by atoms with Crippen LogP contribution in [0.1, 0.15) is 43.9 Å². The van der Waals surface area contributed by atoms with E-state index in [1.165, 1.54) is 32.1 Å². The predicted molar refractivity (Wildman–Crippen MR) is 65.4 cm³/mol. The second kappa shape index (κ2) is 3.91. The van der Waals surface area contributed by atoms with E-state index in [0.29, 0.717) is 5.92 Å². The Morgan fingerprint density at radius 3 is 2.87 bits per heavy atom. The molecule has 0 radical (unpaired) electrons. The van der Waals surface area contributed by atoms with E-state index in [9.17, 15) is 0 Å². The minimum absolute atomic E-state index is 0.567. The lowest BCUT2D eigenvalue weighted by Crippen LogP contribution is -2.04. The predicted octanol–water partition coefficient (Wildman–Crippen LogP) is 4.70. The van der Waals surface area contributed by atoms with E-state index < -0.39 is 0 Å². The summed E-state index contributed by atoms with van der Waals surface area (Å²) in [7, 11) is 0. The second-order valence-corrected chi connectivity index (χ2v) is 6.50. The summed E-state index contributed by atoms with van der Waals surface area (Å²) >= 11 is 5.07. The average molecular weight is 286 g/mol. The van der Waals surface area contributed by atoms with Gasteiger partial charge in [-0.05, 0) is 34.8 Å². The van der Waals surface area contributed by atoms with Crippen LogP contribution in [0.25, 0.3) is 10.4 Å².